The number of amides is 1. The highest BCUT2D eigenvalue weighted by atomic mass is 127. The van der Waals surface area contributed by atoms with E-state index >= 15 is 0 Å². The molecule has 2 rings (SSSR count). The lowest BCUT2D eigenvalue weighted by Gasteiger charge is -2.31. The number of nitrogens with zero attached hydrogens (tertiary/aromatic N) is 1. The van der Waals surface area contributed by atoms with Gasteiger partial charge in [-0.25, -0.2) is 0 Å². The van der Waals surface area contributed by atoms with Crippen LogP contribution in [0.3, 0.4) is 0 Å². The zero-order valence-electron chi connectivity index (χ0n) is 11.4. The zero-order chi connectivity index (χ0) is 15.6. The summed E-state index contributed by atoms with van der Waals surface area (Å²) in [6.07, 6.45) is 1.51. The molecule has 1 fully saturated rings. The monoisotopic (exact) mass is 441 g/mol. The molecule has 1 aromatic carbocycles. The number of hydrogen-bond acceptors (Lipinski definition) is 3. The molecule has 7 heteroatoms. The number of rotatable bonds is 2. The topological polar surface area (TPSA) is 46.6 Å². The Kier molecular flexibility index (Phi) is 5.73. The second-order valence-corrected chi connectivity index (χ2v) is 6.79. The molecule has 0 aromatic heterocycles. The smallest absolute Gasteiger partial charge is 0.310 e. The molecule has 114 valence electrons. The summed E-state index contributed by atoms with van der Waals surface area (Å²) in [6.45, 7) is 0.984. The number of carbonyl (C=O) groups is 2. The summed E-state index contributed by atoms with van der Waals surface area (Å²) in [7, 11) is 1.36. The largest absolute Gasteiger partial charge is 0.469 e. The number of hydrogen-bond donors (Lipinski definition) is 0. The van der Waals surface area contributed by atoms with E-state index in [-0.39, 0.29) is 17.8 Å². The van der Waals surface area contributed by atoms with Crippen molar-refractivity contribution in [1.82, 2.24) is 4.90 Å². The maximum absolute atomic E-state index is 12.6. The summed E-state index contributed by atoms with van der Waals surface area (Å²) in [6, 6.07) is 3.22. The van der Waals surface area contributed by atoms with Crippen molar-refractivity contribution in [2.24, 2.45) is 5.92 Å². The first-order chi connectivity index (χ1) is 9.93. The van der Waals surface area contributed by atoms with Crippen LogP contribution in [0.4, 0.5) is 0 Å². The number of methoxy groups -OCH3 is 1. The molecule has 0 N–H and O–H groups in total. The quantitative estimate of drug-likeness (QED) is 0.400. The molecule has 1 aliphatic rings. The Hall–Kier alpha value is -0.530. The lowest BCUT2D eigenvalue weighted by Crippen LogP contribution is -2.42. The predicted octanol–water partition coefficient (Wildman–Crippen LogP) is 3.62. The Balaban J connectivity index is 2.22. The van der Waals surface area contributed by atoms with Crippen LogP contribution in [0.15, 0.2) is 12.1 Å². The minimum atomic E-state index is -0.272. The van der Waals surface area contributed by atoms with Crippen LogP contribution in [-0.2, 0) is 9.53 Å². The molecule has 0 spiro atoms. The minimum absolute atomic E-state index is 0.155. The van der Waals surface area contributed by atoms with Crippen LogP contribution in [0.2, 0.25) is 10.0 Å². The van der Waals surface area contributed by atoms with E-state index in [1.54, 1.807) is 17.0 Å². The van der Waals surface area contributed by atoms with Gasteiger partial charge in [0.1, 0.15) is 0 Å². The maximum atomic E-state index is 12.6. The van der Waals surface area contributed by atoms with Gasteiger partial charge in [0.2, 0.25) is 0 Å². The Morgan fingerprint density at radius 2 is 2.10 bits per heavy atom. The fourth-order valence-electron chi connectivity index (χ4n) is 2.40. The molecule has 1 aliphatic heterocycles. The van der Waals surface area contributed by atoms with E-state index in [0.29, 0.717) is 32.3 Å². The second kappa shape index (κ2) is 7.15. The lowest BCUT2D eigenvalue weighted by atomic mass is 9.97. The third kappa shape index (κ3) is 3.81. The van der Waals surface area contributed by atoms with Crippen molar-refractivity contribution >= 4 is 57.7 Å². The van der Waals surface area contributed by atoms with E-state index in [1.807, 2.05) is 22.6 Å². The van der Waals surface area contributed by atoms with Gasteiger partial charge in [-0.1, -0.05) is 23.2 Å². The first-order valence-electron chi connectivity index (χ1n) is 6.45. The summed E-state index contributed by atoms with van der Waals surface area (Å²) in [5.74, 6) is -0.691. The number of carbonyl (C=O) groups excluding carboxylic acids is 2. The second-order valence-electron chi connectivity index (χ2n) is 4.86. The maximum Gasteiger partial charge on any atom is 0.310 e. The Labute approximate surface area is 146 Å². The highest BCUT2D eigenvalue weighted by molar-refractivity contribution is 14.1. The van der Waals surface area contributed by atoms with Gasteiger partial charge in [-0.3, -0.25) is 9.59 Å². The van der Waals surface area contributed by atoms with Crippen molar-refractivity contribution in [3.63, 3.8) is 0 Å². The predicted molar refractivity (Wildman–Crippen MR) is 89.8 cm³/mol. The first kappa shape index (κ1) is 16.8. The average Bonchev–Trinajstić information content (AvgIpc) is 2.49. The van der Waals surface area contributed by atoms with Crippen LogP contribution in [0, 0.1) is 9.49 Å². The number of halogens is 3. The fraction of sp³-hybridized carbons (Fsp3) is 0.429. The molecule has 4 nitrogen and oxygen atoms in total. The van der Waals surface area contributed by atoms with Crippen LogP contribution < -0.4 is 0 Å². The van der Waals surface area contributed by atoms with Crippen LogP contribution in [0.5, 0.6) is 0 Å². The molecule has 0 radical (unpaired) electrons. The van der Waals surface area contributed by atoms with Crippen molar-refractivity contribution < 1.29 is 14.3 Å². The van der Waals surface area contributed by atoms with Crippen LogP contribution in [0.25, 0.3) is 0 Å². The lowest BCUT2D eigenvalue weighted by molar-refractivity contribution is -0.146. The molecular weight excluding hydrogens is 428 g/mol. The molecule has 1 aromatic rings. The number of likely N-dealkylation sites (tertiary alicyclic amines) is 1. The molecule has 1 amide bonds. The van der Waals surface area contributed by atoms with Gasteiger partial charge in [-0.05, 0) is 47.6 Å². The summed E-state index contributed by atoms with van der Waals surface area (Å²) in [5.41, 5.74) is 0.471. The average molecular weight is 442 g/mol. The van der Waals surface area contributed by atoms with E-state index in [4.69, 9.17) is 27.9 Å². The van der Waals surface area contributed by atoms with Gasteiger partial charge in [-0.15, -0.1) is 0 Å². The van der Waals surface area contributed by atoms with Gasteiger partial charge in [-0.2, -0.15) is 0 Å². The van der Waals surface area contributed by atoms with E-state index in [0.717, 1.165) is 12.8 Å². The molecule has 0 saturated carbocycles. The summed E-state index contributed by atoms with van der Waals surface area (Å²) >= 11 is 14.1. The normalized spacial score (nSPS) is 18.5. The van der Waals surface area contributed by atoms with Gasteiger partial charge < -0.3 is 9.64 Å². The molecular formula is C14H14Cl2INO3. The van der Waals surface area contributed by atoms with Crippen molar-refractivity contribution in [3.05, 3.63) is 31.3 Å². The Morgan fingerprint density at radius 3 is 2.76 bits per heavy atom. The Morgan fingerprint density at radius 1 is 1.38 bits per heavy atom. The SMILES string of the molecule is COC(=O)C1CCCN(C(=O)c2cc(Cl)cc(Cl)c2I)C1. The van der Waals surface area contributed by atoms with Crippen molar-refractivity contribution in [2.75, 3.05) is 20.2 Å². The van der Waals surface area contributed by atoms with Gasteiger partial charge in [0.05, 0.1) is 23.6 Å². The molecule has 1 unspecified atom stereocenters. The van der Waals surface area contributed by atoms with E-state index in [9.17, 15) is 9.59 Å². The van der Waals surface area contributed by atoms with Gasteiger partial charge >= 0.3 is 5.97 Å². The van der Waals surface area contributed by atoms with Gasteiger partial charge in [0.25, 0.3) is 5.91 Å². The summed E-state index contributed by atoms with van der Waals surface area (Å²) < 4.78 is 5.44. The van der Waals surface area contributed by atoms with Crippen molar-refractivity contribution in [3.8, 4) is 0 Å². The van der Waals surface area contributed by atoms with Crippen molar-refractivity contribution in [2.45, 2.75) is 12.8 Å². The van der Waals surface area contributed by atoms with Gasteiger partial charge in [0.15, 0.2) is 0 Å². The minimum Gasteiger partial charge on any atom is -0.469 e. The third-order valence-corrected chi connectivity index (χ3v) is 5.46. The standard InChI is InChI=1S/C14H14Cl2INO3/c1-21-14(20)8-3-2-4-18(7-8)13(19)10-5-9(15)6-11(16)12(10)17/h5-6,8H,2-4,7H2,1H3. The Bertz CT molecular complexity index is 580. The highest BCUT2D eigenvalue weighted by Gasteiger charge is 2.30. The van der Waals surface area contributed by atoms with E-state index in [1.165, 1.54) is 7.11 Å². The molecule has 0 aliphatic carbocycles. The third-order valence-electron chi connectivity index (χ3n) is 3.47. The van der Waals surface area contributed by atoms with Gasteiger partial charge in [0, 0.05) is 21.7 Å². The zero-order valence-corrected chi connectivity index (χ0v) is 15.0. The van der Waals surface area contributed by atoms with E-state index < -0.39 is 0 Å². The molecule has 0 bridgehead atoms. The van der Waals surface area contributed by atoms with Crippen molar-refractivity contribution in [1.29, 1.82) is 0 Å². The highest BCUT2D eigenvalue weighted by Crippen LogP contribution is 2.29. The molecule has 1 heterocycles. The fourth-order valence-corrected chi connectivity index (χ4v) is 3.44. The summed E-state index contributed by atoms with van der Waals surface area (Å²) in [5, 5.41) is 0.873. The van der Waals surface area contributed by atoms with E-state index in [2.05, 4.69) is 0 Å². The first-order valence-corrected chi connectivity index (χ1v) is 8.29. The molecule has 1 saturated heterocycles. The summed E-state index contributed by atoms with van der Waals surface area (Å²) in [4.78, 5) is 25.9. The van der Waals surface area contributed by atoms with Crippen LogP contribution in [-0.4, -0.2) is 37.0 Å². The van der Waals surface area contributed by atoms with Crippen LogP contribution >= 0.6 is 45.8 Å². The number of esters is 1. The molecule has 21 heavy (non-hydrogen) atoms. The molecule has 1 atom stereocenters. The number of piperidine rings is 1. The number of ether oxygens (including phenoxy) is 1. The number of benzene rings is 1. The van der Waals surface area contributed by atoms with Crippen LogP contribution in [0.1, 0.15) is 23.2 Å².